The molecule has 2 saturated heterocycles. The minimum atomic E-state index is -0.968. The summed E-state index contributed by atoms with van der Waals surface area (Å²) in [5.41, 5.74) is -0.968. The van der Waals surface area contributed by atoms with Gasteiger partial charge in [0.15, 0.2) is 18.4 Å². The number of rotatable bonds is 3. The molecule has 1 saturated carbocycles. The van der Waals surface area contributed by atoms with Gasteiger partial charge >= 0.3 is 0 Å². The predicted octanol–water partition coefficient (Wildman–Crippen LogP) is 3.30. The zero-order chi connectivity index (χ0) is 17.7. The van der Waals surface area contributed by atoms with Gasteiger partial charge in [-0.1, -0.05) is 13.8 Å². The quantitative estimate of drug-likeness (QED) is 0.853. The summed E-state index contributed by atoms with van der Waals surface area (Å²) < 4.78 is 24.1. The van der Waals surface area contributed by atoms with E-state index in [0.29, 0.717) is 5.92 Å². The van der Waals surface area contributed by atoms with Crippen molar-refractivity contribution in [3.63, 3.8) is 0 Å². The summed E-state index contributed by atoms with van der Waals surface area (Å²) in [5, 5.41) is 11.8. The van der Waals surface area contributed by atoms with Gasteiger partial charge in [-0.05, 0) is 51.9 Å². The molecule has 0 spiro atoms. The second-order valence-electron chi connectivity index (χ2n) is 8.53. The molecule has 0 aromatic rings. The lowest BCUT2D eigenvalue weighted by atomic mass is 9.58. The Morgan fingerprint density at radius 1 is 1.12 bits per heavy atom. The van der Waals surface area contributed by atoms with Gasteiger partial charge in [0.1, 0.15) is 5.60 Å². The summed E-state index contributed by atoms with van der Waals surface area (Å²) in [6.07, 6.45) is 2.78. The van der Waals surface area contributed by atoms with Crippen molar-refractivity contribution in [2.45, 2.75) is 90.4 Å². The Morgan fingerprint density at radius 2 is 1.83 bits per heavy atom. The fraction of sp³-hybridized carbons (Fsp3) is 1.00. The monoisotopic (exact) mass is 342 g/mol. The third-order valence-electron chi connectivity index (χ3n) is 6.61. The first kappa shape index (κ1) is 18.6. The van der Waals surface area contributed by atoms with Crippen LogP contribution in [-0.2, 0) is 18.9 Å². The second-order valence-corrected chi connectivity index (χ2v) is 8.53. The van der Waals surface area contributed by atoms with Crippen LogP contribution in [0.2, 0.25) is 0 Å². The molecule has 0 amide bonds. The van der Waals surface area contributed by atoms with Gasteiger partial charge in [0.25, 0.3) is 0 Å². The van der Waals surface area contributed by atoms with Crippen molar-refractivity contribution in [3.05, 3.63) is 0 Å². The standard InChI is InChI=1S/C19H34O5/c1-11(2)22-16-13(4)15-8-7-12(3)14-9-10-18(5,21-6)24-17(23-16)19(14,15)20/h11-17,20H,7-10H2,1-6H3/t12-,13-,14+,15+,16?,17-,18-,19-/m1/s1. The number of ether oxygens (including phenoxy) is 4. The Kier molecular flexibility index (Phi) is 5.04. The molecule has 5 heteroatoms. The highest BCUT2D eigenvalue weighted by Gasteiger charge is 2.63. The minimum Gasteiger partial charge on any atom is -0.384 e. The molecule has 2 heterocycles. The summed E-state index contributed by atoms with van der Waals surface area (Å²) >= 11 is 0. The average Bonchev–Trinajstić information content (AvgIpc) is 2.62. The van der Waals surface area contributed by atoms with Crippen LogP contribution in [0.5, 0.6) is 0 Å². The van der Waals surface area contributed by atoms with E-state index in [1.807, 2.05) is 20.8 Å². The number of hydrogen-bond acceptors (Lipinski definition) is 5. The topological polar surface area (TPSA) is 57.2 Å². The zero-order valence-electron chi connectivity index (χ0n) is 16.0. The number of methoxy groups -OCH3 is 1. The first-order valence-electron chi connectivity index (χ1n) is 9.47. The average molecular weight is 342 g/mol. The van der Waals surface area contributed by atoms with E-state index in [4.69, 9.17) is 18.9 Å². The number of hydrogen-bond donors (Lipinski definition) is 1. The van der Waals surface area contributed by atoms with Gasteiger partial charge in [0.2, 0.25) is 0 Å². The predicted molar refractivity (Wildman–Crippen MR) is 90.1 cm³/mol. The van der Waals surface area contributed by atoms with E-state index in [9.17, 15) is 5.11 Å². The van der Waals surface area contributed by atoms with E-state index < -0.39 is 17.7 Å². The van der Waals surface area contributed by atoms with E-state index in [1.165, 1.54) is 0 Å². The van der Waals surface area contributed by atoms with Crippen LogP contribution in [0.15, 0.2) is 0 Å². The number of aliphatic hydroxyl groups is 1. The first-order chi connectivity index (χ1) is 11.2. The molecule has 5 nitrogen and oxygen atoms in total. The fourth-order valence-electron chi connectivity index (χ4n) is 5.10. The summed E-state index contributed by atoms with van der Waals surface area (Å²) in [6.45, 7) is 10.3. The van der Waals surface area contributed by atoms with E-state index in [2.05, 4.69) is 13.8 Å². The van der Waals surface area contributed by atoms with Crippen molar-refractivity contribution in [1.82, 2.24) is 0 Å². The van der Waals surface area contributed by atoms with Gasteiger partial charge in [-0.3, -0.25) is 0 Å². The molecule has 8 atom stereocenters. The maximum absolute atomic E-state index is 11.8. The minimum absolute atomic E-state index is 0.0709. The van der Waals surface area contributed by atoms with Crippen LogP contribution in [0, 0.1) is 23.7 Å². The Bertz CT molecular complexity index is 455. The third-order valence-corrected chi connectivity index (χ3v) is 6.61. The van der Waals surface area contributed by atoms with Gasteiger partial charge in [0.05, 0.1) is 6.10 Å². The summed E-state index contributed by atoms with van der Waals surface area (Å²) in [7, 11) is 1.66. The summed E-state index contributed by atoms with van der Waals surface area (Å²) in [5.74, 6) is 0.153. The van der Waals surface area contributed by atoms with Gasteiger partial charge in [-0.2, -0.15) is 0 Å². The van der Waals surface area contributed by atoms with Gasteiger partial charge in [0, 0.05) is 25.4 Å². The highest BCUT2D eigenvalue weighted by atomic mass is 16.8. The molecule has 0 radical (unpaired) electrons. The van der Waals surface area contributed by atoms with Crippen LogP contribution in [0.4, 0.5) is 0 Å². The van der Waals surface area contributed by atoms with Gasteiger partial charge < -0.3 is 24.1 Å². The zero-order valence-corrected chi connectivity index (χ0v) is 16.0. The van der Waals surface area contributed by atoms with Crippen LogP contribution < -0.4 is 0 Å². The molecular formula is C19H34O5. The van der Waals surface area contributed by atoms with Crippen LogP contribution in [0.25, 0.3) is 0 Å². The maximum atomic E-state index is 11.8. The van der Waals surface area contributed by atoms with Crippen LogP contribution >= 0.6 is 0 Å². The smallest absolute Gasteiger partial charge is 0.193 e. The molecule has 3 rings (SSSR count). The van der Waals surface area contributed by atoms with E-state index in [0.717, 1.165) is 25.7 Å². The van der Waals surface area contributed by atoms with E-state index in [1.54, 1.807) is 7.11 Å². The molecule has 1 N–H and O–H groups in total. The molecule has 140 valence electrons. The third kappa shape index (κ3) is 2.92. The van der Waals surface area contributed by atoms with Crippen LogP contribution in [0.3, 0.4) is 0 Å². The van der Waals surface area contributed by atoms with Crippen LogP contribution in [-0.4, -0.2) is 42.3 Å². The fourth-order valence-corrected chi connectivity index (χ4v) is 5.10. The molecule has 1 aliphatic carbocycles. The Hall–Kier alpha value is -0.200. The molecule has 0 aromatic carbocycles. The van der Waals surface area contributed by atoms with Crippen LogP contribution in [0.1, 0.15) is 60.3 Å². The molecule has 0 aromatic heterocycles. The second kappa shape index (κ2) is 6.51. The molecule has 2 aliphatic heterocycles. The van der Waals surface area contributed by atoms with Gasteiger partial charge in [-0.15, -0.1) is 0 Å². The Balaban J connectivity index is 1.97. The van der Waals surface area contributed by atoms with Crippen molar-refractivity contribution in [3.8, 4) is 0 Å². The van der Waals surface area contributed by atoms with Crippen molar-refractivity contribution in [1.29, 1.82) is 0 Å². The molecule has 3 aliphatic rings. The lowest BCUT2D eigenvalue weighted by Crippen LogP contribution is -2.67. The first-order valence-corrected chi connectivity index (χ1v) is 9.47. The van der Waals surface area contributed by atoms with Gasteiger partial charge in [-0.25, -0.2) is 0 Å². The van der Waals surface area contributed by atoms with E-state index in [-0.39, 0.29) is 30.1 Å². The highest BCUT2D eigenvalue weighted by Crippen LogP contribution is 2.56. The molecule has 0 bridgehead atoms. The largest absolute Gasteiger partial charge is 0.384 e. The Labute approximate surface area is 146 Å². The van der Waals surface area contributed by atoms with Crippen molar-refractivity contribution in [2.75, 3.05) is 7.11 Å². The lowest BCUT2D eigenvalue weighted by Gasteiger charge is -2.57. The summed E-state index contributed by atoms with van der Waals surface area (Å²) in [4.78, 5) is 0. The maximum Gasteiger partial charge on any atom is 0.193 e. The summed E-state index contributed by atoms with van der Waals surface area (Å²) in [6, 6.07) is 0. The van der Waals surface area contributed by atoms with E-state index >= 15 is 0 Å². The molecule has 3 fully saturated rings. The van der Waals surface area contributed by atoms with Crippen molar-refractivity contribution >= 4 is 0 Å². The Morgan fingerprint density at radius 3 is 2.46 bits per heavy atom. The van der Waals surface area contributed by atoms with Crippen molar-refractivity contribution < 1.29 is 24.1 Å². The SMILES string of the molecule is CO[C@@]1(C)CC[C@H]2[C@H](C)CC[C@H]3[C@@H](C)C(OC(C)C)O[C@H](O1)[C@@]23O. The molecule has 1 unspecified atom stereocenters. The highest BCUT2D eigenvalue weighted by molar-refractivity contribution is 5.07. The lowest BCUT2D eigenvalue weighted by molar-refractivity contribution is -0.413. The molecular weight excluding hydrogens is 308 g/mol. The van der Waals surface area contributed by atoms with Crippen molar-refractivity contribution in [2.24, 2.45) is 23.7 Å². The normalized spacial score (nSPS) is 52.0. The molecule has 24 heavy (non-hydrogen) atoms.